The van der Waals surface area contributed by atoms with Crippen molar-refractivity contribution in [2.45, 2.75) is 51.8 Å². The van der Waals surface area contributed by atoms with Gasteiger partial charge >= 0.3 is 0 Å². The number of aliphatic hydroxyl groups is 1. The summed E-state index contributed by atoms with van der Waals surface area (Å²) in [6.07, 6.45) is 5.05. The number of imidazole rings is 1. The number of aryl methyl sites for hydroxylation is 1. The van der Waals surface area contributed by atoms with Crippen LogP contribution in [0, 0.1) is 0 Å². The summed E-state index contributed by atoms with van der Waals surface area (Å²) in [7, 11) is 4.00. The summed E-state index contributed by atoms with van der Waals surface area (Å²) >= 11 is 0. The minimum absolute atomic E-state index is 0.281. The van der Waals surface area contributed by atoms with Crippen LogP contribution in [-0.2, 0) is 6.54 Å². The van der Waals surface area contributed by atoms with Crippen LogP contribution >= 0.6 is 0 Å². The third-order valence-corrected chi connectivity index (χ3v) is 3.78. The molecule has 2 atom stereocenters. The molecular weight excluding hydrogens is 214 g/mol. The second-order valence-corrected chi connectivity index (χ2v) is 4.99. The summed E-state index contributed by atoms with van der Waals surface area (Å²) in [4.78, 5) is 6.39. The minimum atomic E-state index is -0.566. The van der Waals surface area contributed by atoms with E-state index >= 15 is 0 Å². The Hall–Kier alpha value is -0.870. The third kappa shape index (κ3) is 2.69. The van der Waals surface area contributed by atoms with E-state index in [4.69, 9.17) is 0 Å². The SMILES string of the molecule is CCCn1ccnc1C(O)C(C)(CC)N(C)C. The molecule has 0 amide bonds. The van der Waals surface area contributed by atoms with E-state index in [1.807, 2.05) is 24.9 Å². The Morgan fingerprint density at radius 3 is 2.59 bits per heavy atom. The Morgan fingerprint density at radius 1 is 1.47 bits per heavy atom. The van der Waals surface area contributed by atoms with Crippen molar-refractivity contribution < 1.29 is 5.11 Å². The van der Waals surface area contributed by atoms with Gasteiger partial charge in [0.05, 0.1) is 5.54 Å². The van der Waals surface area contributed by atoms with Crippen molar-refractivity contribution in [3.05, 3.63) is 18.2 Å². The average molecular weight is 239 g/mol. The molecule has 0 saturated heterocycles. The van der Waals surface area contributed by atoms with Crippen LogP contribution in [-0.4, -0.2) is 39.2 Å². The predicted octanol–water partition coefficient (Wildman–Crippen LogP) is 2.06. The summed E-state index contributed by atoms with van der Waals surface area (Å²) in [6.45, 7) is 7.19. The molecule has 0 aliphatic rings. The van der Waals surface area contributed by atoms with Crippen molar-refractivity contribution in [2.24, 2.45) is 0 Å². The highest BCUT2D eigenvalue weighted by atomic mass is 16.3. The van der Waals surface area contributed by atoms with Gasteiger partial charge in [-0.15, -0.1) is 0 Å². The van der Waals surface area contributed by atoms with E-state index in [9.17, 15) is 5.11 Å². The number of hydrogen-bond donors (Lipinski definition) is 1. The second kappa shape index (κ2) is 5.65. The summed E-state index contributed by atoms with van der Waals surface area (Å²) in [5, 5.41) is 10.6. The van der Waals surface area contributed by atoms with Crippen LogP contribution in [0.15, 0.2) is 12.4 Å². The molecule has 0 bridgehead atoms. The van der Waals surface area contributed by atoms with Gasteiger partial charge in [0.25, 0.3) is 0 Å². The van der Waals surface area contributed by atoms with Gasteiger partial charge in [0, 0.05) is 18.9 Å². The molecular formula is C13H25N3O. The molecule has 1 aromatic heterocycles. The number of rotatable bonds is 6. The molecule has 1 N–H and O–H groups in total. The largest absolute Gasteiger partial charge is 0.383 e. The maximum atomic E-state index is 10.6. The summed E-state index contributed by atoms with van der Waals surface area (Å²) in [5.41, 5.74) is -0.281. The van der Waals surface area contributed by atoms with E-state index in [0.29, 0.717) is 0 Å². The zero-order valence-electron chi connectivity index (χ0n) is 11.6. The second-order valence-electron chi connectivity index (χ2n) is 4.99. The van der Waals surface area contributed by atoms with Crippen molar-refractivity contribution in [1.82, 2.24) is 14.5 Å². The van der Waals surface area contributed by atoms with Crippen LogP contribution in [0.3, 0.4) is 0 Å². The third-order valence-electron chi connectivity index (χ3n) is 3.78. The van der Waals surface area contributed by atoms with Gasteiger partial charge in [0.15, 0.2) is 0 Å². The van der Waals surface area contributed by atoms with Crippen LogP contribution in [0.25, 0.3) is 0 Å². The highest BCUT2D eigenvalue weighted by molar-refractivity contribution is 5.05. The van der Waals surface area contributed by atoms with Crippen molar-refractivity contribution >= 4 is 0 Å². The molecule has 0 fully saturated rings. The normalized spacial score (nSPS) is 17.1. The van der Waals surface area contributed by atoms with Gasteiger partial charge in [-0.3, -0.25) is 0 Å². The Morgan fingerprint density at radius 2 is 2.12 bits per heavy atom. The molecule has 4 heteroatoms. The standard InChI is InChI=1S/C13H25N3O/c1-6-9-16-10-8-14-12(16)11(17)13(3,7-2)15(4)5/h8,10-11,17H,6-7,9H2,1-5H3. The Kier molecular flexibility index (Phi) is 4.71. The molecule has 4 nitrogen and oxygen atoms in total. The molecule has 0 radical (unpaired) electrons. The smallest absolute Gasteiger partial charge is 0.139 e. The fourth-order valence-electron chi connectivity index (χ4n) is 2.03. The van der Waals surface area contributed by atoms with Gasteiger partial charge in [-0.25, -0.2) is 4.98 Å². The number of aromatic nitrogens is 2. The molecule has 0 aliphatic carbocycles. The first-order chi connectivity index (χ1) is 7.97. The van der Waals surface area contributed by atoms with Crippen molar-refractivity contribution in [1.29, 1.82) is 0 Å². The minimum Gasteiger partial charge on any atom is -0.383 e. The van der Waals surface area contributed by atoms with Gasteiger partial charge in [0.1, 0.15) is 11.9 Å². The van der Waals surface area contributed by atoms with Crippen LogP contribution in [0.5, 0.6) is 0 Å². The van der Waals surface area contributed by atoms with Crippen LogP contribution < -0.4 is 0 Å². The summed E-state index contributed by atoms with van der Waals surface area (Å²) < 4.78 is 2.04. The number of likely N-dealkylation sites (N-methyl/N-ethyl adjacent to an activating group) is 1. The fraction of sp³-hybridized carbons (Fsp3) is 0.769. The highest BCUT2D eigenvalue weighted by Gasteiger charge is 2.36. The molecule has 0 aliphatic heterocycles. The molecule has 98 valence electrons. The summed E-state index contributed by atoms with van der Waals surface area (Å²) in [6, 6.07) is 0. The van der Waals surface area contributed by atoms with Gasteiger partial charge in [-0.1, -0.05) is 13.8 Å². The first kappa shape index (κ1) is 14.2. The molecule has 0 spiro atoms. The van der Waals surface area contributed by atoms with Crippen LogP contribution in [0.4, 0.5) is 0 Å². The van der Waals surface area contributed by atoms with E-state index in [0.717, 1.165) is 25.2 Å². The lowest BCUT2D eigenvalue weighted by Crippen LogP contribution is -2.46. The Labute approximate surface area is 104 Å². The molecule has 0 aromatic carbocycles. The lowest BCUT2D eigenvalue weighted by Gasteiger charge is -2.39. The van der Waals surface area contributed by atoms with Crippen molar-refractivity contribution in [3.8, 4) is 0 Å². The predicted molar refractivity (Wildman–Crippen MR) is 69.9 cm³/mol. The quantitative estimate of drug-likeness (QED) is 0.826. The Balaban J connectivity index is 3.01. The van der Waals surface area contributed by atoms with Gasteiger partial charge in [-0.05, 0) is 33.9 Å². The first-order valence-corrected chi connectivity index (χ1v) is 6.33. The van der Waals surface area contributed by atoms with Gasteiger partial charge in [0.2, 0.25) is 0 Å². The fourth-order valence-corrected chi connectivity index (χ4v) is 2.03. The Bertz CT molecular complexity index is 348. The number of aliphatic hydroxyl groups excluding tert-OH is 1. The summed E-state index contributed by atoms with van der Waals surface area (Å²) in [5.74, 6) is 0.768. The van der Waals surface area contributed by atoms with E-state index in [1.54, 1.807) is 6.20 Å². The molecule has 17 heavy (non-hydrogen) atoms. The van der Waals surface area contributed by atoms with Crippen LogP contribution in [0.2, 0.25) is 0 Å². The molecule has 2 unspecified atom stereocenters. The molecule has 1 heterocycles. The maximum Gasteiger partial charge on any atom is 0.139 e. The van der Waals surface area contributed by atoms with E-state index in [-0.39, 0.29) is 5.54 Å². The van der Waals surface area contributed by atoms with Gasteiger partial charge in [-0.2, -0.15) is 0 Å². The number of hydrogen-bond acceptors (Lipinski definition) is 3. The van der Waals surface area contributed by atoms with E-state index < -0.39 is 6.10 Å². The first-order valence-electron chi connectivity index (χ1n) is 6.33. The molecule has 1 aromatic rings. The lowest BCUT2D eigenvalue weighted by molar-refractivity contribution is -0.00656. The maximum absolute atomic E-state index is 10.6. The molecule has 0 saturated carbocycles. The monoisotopic (exact) mass is 239 g/mol. The average Bonchev–Trinajstić information content (AvgIpc) is 2.75. The zero-order valence-corrected chi connectivity index (χ0v) is 11.6. The lowest BCUT2D eigenvalue weighted by atomic mass is 9.89. The highest BCUT2D eigenvalue weighted by Crippen LogP contribution is 2.31. The molecule has 1 rings (SSSR count). The number of nitrogens with zero attached hydrogens (tertiary/aromatic N) is 3. The van der Waals surface area contributed by atoms with Crippen LogP contribution in [0.1, 0.15) is 45.5 Å². The van der Waals surface area contributed by atoms with E-state index in [1.165, 1.54) is 0 Å². The van der Waals surface area contributed by atoms with Crippen molar-refractivity contribution in [2.75, 3.05) is 14.1 Å². The topological polar surface area (TPSA) is 41.3 Å². The zero-order chi connectivity index (χ0) is 13.1. The van der Waals surface area contributed by atoms with E-state index in [2.05, 4.69) is 30.7 Å². The van der Waals surface area contributed by atoms with Crippen molar-refractivity contribution in [3.63, 3.8) is 0 Å². The van der Waals surface area contributed by atoms with Gasteiger partial charge < -0.3 is 14.6 Å².